The highest BCUT2D eigenvalue weighted by Gasteiger charge is 2.25. The van der Waals surface area contributed by atoms with E-state index in [1.165, 1.54) is 0 Å². The number of fused-ring (bicyclic) bond motifs is 1. The topological polar surface area (TPSA) is 80.9 Å². The van der Waals surface area contributed by atoms with Gasteiger partial charge in [0.05, 0.1) is 11.0 Å². The maximum Gasteiger partial charge on any atom is 0.251 e. The Labute approximate surface area is 118 Å². The van der Waals surface area contributed by atoms with Crippen LogP contribution < -0.4 is 11.1 Å². The fourth-order valence-corrected chi connectivity index (χ4v) is 1.98. The van der Waals surface area contributed by atoms with Gasteiger partial charge in [0.25, 0.3) is 5.91 Å². The van der Waals surface area contributed by atoms with E-state index in [4.69, 9.17) is 5.73 Å². The van der Waals surface area contributed by atoms with Gasteiger partial charge in [-0.15, -0.1) is 0 Å². The van der Waals surface area contributed by atoms with E-state index < -0.39 is 0 Å². The smallest absolute Gasteiger partial charge is 0.251 e. The Morgan fingerprint density at radius 2 is 1.90 bits per heavy atom. The summed E-state index contributed by atoms with van der Waals surface area (Å²) in [5.41, 5.74) is 7.71. The molecule has 0 aliphatic carbocycles. The first kappa shape index (κ1) is 14.4. The van der Waals surface area contributed by atoms with Crippen molar-refractivity contribution in [2.75, 3.05) is 6.54 Å². The second-order valence-electron chi connectivity index (χ2n) is 5.89. The Balaban J connectivity index is 2.23. The van der Waals surface area contributed by atoms with Crippen molar-refractivity contribution in [3.8, 4) is 0 Å². The van der Waals surface area contributed by atoms with Crippen LogP contribution in [0.2, 0.25) is 0 Å². The van der Waals surface area contributed by atoms with Gasteiger partial charge < -0.3 is 11.1 Å². The van der Waals surface area contributed by atoms with Crippen LogP contribution in [-0.2, 0) is 0 Å². The molecule has 1 aromatic heterocycles. The Morgan fingerprint density at radius 3 is 2.50 bits per heavy atom. The largest absolute Gasteiger partial charge is 0.348 e. The Bertz CT molecular complexity index is 619. The van der Waals surface area contributed by atoms with Gasteiger partial charge in [-0.25, -0.2) is 0 Å². The molecule has 0 radical (unpaired) electrons. The standard InChI is InChI=1S/C15H20N4O/c1-15(2,3)13(9-16)19-14(20)10-4-5-11-12(8-10)18-7-6-17-11/h4-8,13H,9,16H2,1-3H3,(H,19,20). The number of nitrogens with zero attached hydrogens (tertiary/aromatic N) is 2. The number of rotatable bonds is 3. The van der Waals surface area contributed by atoms with Crippen LogP contribution in [0.25, 0.3) is 11.0 Å². The predicted molar refractivity (Wildman–Crippen MR) is 79.3 cm³/mol. The molecule has 106 valence electrons. The van der Waals surface area contributed by atoms with Crippen LogP contribution in [0.15, 0.2) is 30.6 Å². The summed E-state index contributed by atoms with van der Waals surface area (Å²) < 4.78 is 0. The summed E-state index contributed by atoms with van der Waals surface area (Å²) in [5.74, 6) is -0.136. The Hall–Kier alpha value is -2.01. The lowest BCUT2D eigenvalue weighted by Crippen LogP contribution is -2.48. The molecule has 1 heterocycles. The third kappa shape index (κ3) is 3.11. The number of nitrogens with two attached hydrogens (primary N) is 1. The third-order valence-electron chi connectivity index (χ3n) is 3.32. The summed E-state index contributed by atoms with van der Waals surface area (Å²) in [6.45, 7) is 6.56. The van der Waals surface area contributed by atoms with E-state index in [0.29, 0.717) is 17.6 Å². The zero-order valence-electron chi connectivity index (χ0n) is 12.1. The van der Waals surface area contributed by atoms with Gasteiger partial charge >= 0.3 is 0 Å². The molecule has 0 saturated carbocycles. The van der Waals surface area contributed by atoms with Crippen molar-refractivity contribution in [3.05, 3.63) is 36.2 Å². The number of amides is 1. The average Bonchev–Trinajstić information content (AvgIpc) is 2.42. The van der Waals surface area contributed by atoms with Gasteiger partial charge in [0.2, 0.25) is 0 Å². The molecule has 2 aromatic rings. The lowest BCUT2D eigenvalue weighted by Gasteiger charge is -2.30. The summed E-state index contributed by atoms with van der Waals surface area (Å²) in [4.78, 5) is 20.7. The van der Waals surface area contributed by atoms with Crippen LogP contribution >= 0.6 is 0 Å². The fraction of sp³-hybridized carbons (Fsp3) is 0.400. The maximum absolute atomic E-state index is 12.3. The molecule has 0 aliphatic rings. The fourth-order valence-electron chi connectivity index (χ4n) is 1.98. The van der Waals surface area contributed by atoms with Gasteiger partial charge in [0, 0.05) is 30.5 Å². The molecule has 1 amide bonds. The van der Waals surface area contributed by atoms with Crippen molar-refractivity contribution >= 4 is 16.9 Å². The van der Waals surface area contributed by atoms with E-state index in [9.17, 15) is 4.79 Å². The van der Waals surface area contributed by atoms with E-state index in [0.717, 1.165) is 5.52 Å². The highest BCUT2D eigenvalue weighted by atomic mass is 16.1. The van der Waals surface area contributed by atoms with Crippen LogP contribution in [0.5, 0.6) is 0 Å². The van der Waals surface area contributed by atoms with Crippen LogP contribution in [0, 0.1) is 5.41 Å². The molecule has 1 atom stereocenters. The summed E-state index contributed by atoms with van der Waals surface area (Å²) in [6.07, 6.45) is 3.24. The molecule has 1 unspecified atom stereocenters. The van der Waals surface area contributed by atoms with Gasteiger partial charge in [0.15, 0.2) is 0 Å². The van der Waals surface area contributed by atoms with Gasteiger partial charge in [0.1, 0.15) is 0 Å². The van der Waals surface area contributed by atoms with Crippen molar-refractivity contribution in [1.82, 2.24) is 15.3 Å². The maximum atomic E-state index is 12.3. The summed E-state index contributed by atoms with van der Waals surface area (Å²) >= 11 is 0. The van der Waals surface area contributed by atoms with Crippen LogP contribution in [-0.4, -0.2) is 28.5 Å². The number of benzene rings is 1. The SMILES string of the molecule is CC(C)(C)C(CN)NC(=O)c1ccc2nccnc2c1. The number of nitrogens with one attached hydrogen (secondary N) is 1. The summed E-state index contributed by atoms with van der Waals surface area (Å²) in [7, 11) is 0. The van der Waals surface area contributed by atoms with Crippen molar-refractivity contribution in [2.45, 2.75) is 26.8 Å². The molecule has 2 rings (SSSR count). The predicted octanol–water partition coefficient (Wildman–Crippen LogP) is 1.73. The van der Waals surface area contributed by atoms with Crippen LogP contribution in [0.3, 0.4) is 0 Å². The molecular formula is C15H20N4O. The third-order valence-corrected chi connectivity index (χ3v) is 3.32. The molecule has 20 heavy (non-hydrogen) atoms. The minimum atomic E-state index is -0.136. The Morgan fingerprint density at radius 1 is 1.25 bits per heavy atom. The van der Waals surface area contributed by atoms with E-state index in [1.54, 1.807) is 30.6 Å². The summed E-state index contributed by atoms with van der Waals surface area (Å²) in [5, 5.41) is 2.98. The van der Waals surface area contributed by atoms with Crippen molar-refractivity contribution < 1.29 is 4.79 Å². The monoisotopic (exact) mass is 272 g/mol. The molecule has 5 heteroatoms. The second kappa shape index (κ2) is 5.54. The first-order chi connectivity index (χ1) is 9.41. The molecule has 0 spiro atoms. The number of aromatic nitrogens is 2. The van der Waals surface area contributed by atoms with Gasteiger partial charge in [-0.2, -0.15) is 0 Å². The summed E-state index contributed by atoms with van der Waals surface area (Å²) in [6, 6.07) is 5.22. The number of carbonyl (C=O) groups is 1. The first-order valence-corrected chi connectivity index (χ1v) is 6.63. The molecule has 0 fully saturated rings. The normalized spacial score (nSPS) is 13.2. The quantitative estimate of drug-likeness (QED) is 0.891. The van der Waals surface area contributed by atoms with Crippen LogP contribution in [0.4, 0.5) is 0 Å². The molecule has 0 saturated heterocycles. The highest BCUT2D eigenvalue weighted by Crippen LogP contribution is 2.19. The van der Waals surface area contributed by atoms with Gasteiger partial charge in [-0.1, -0.05) is 20.8 Å². The van der Waals surface area contributed by atoms with Crippen molar-refractivity contribution in [3.63, 3.8) is 0 Å². The van der Waals surface area contributed by atoms with Gasteiger partial charge in [-0.05, 0) is 23.6 Å². The molecule has 0 aliphatic heterocycles. The van der Waals surface area contributed by atoms with E-state index in [2.05, 4.69) is 36.1 Å². The average molecular weight is 272 g/mol. The highest BCUT2D eigenvalue weighted by molar-refractivity contribution is 5.97. The zero-order chi connectivity index (χ0) is 14.8. The molecular weight excluding hydrogens is 252 g/mol. The van der Waals surface area contributed by atoms with Crippen molar-refractivity contribution in [1.29, 1.82) is 0 Å². The number of hydrogen-bond acceptors (Lipinski definition) is 4. The van der Waals surface area contributed by atoms with E-state index in [1.807, 2.05) is 0 Å². The second-order valence-corrected chi connectivity index (χ2v) is 5.89. The van der Waals surface area contributed by atoms with E-state index in [-0.39, 0.29) is 17.4 Å². The zero-order valence-corrected chi connectivity index (χ0v) is 12.1. The number of hydrogen-bond donors (Lipinski definition) is 2. The molecule has 0 bridgehead atoms. The van der Waals surface area contributed by atoms with Crippen LogP contribution in [0.1, 0.15) is 31.1 Å². The first-order valence-electron chi connectivity index (χ1n) is 6.63. The number of carbonyl (C=O) groups excluding carboxylic acids is 1. The minimum Gasteiger partial charge on any atom is -0.348 e. The molecule has 5 nitrogen and oxygen atoms in total. The minimum absolute atomic E-state index is 0.0763. The van der Waals surface area contributed by atoms with Crippen molar-refractivity contribution in [2.24, 2.45) is 11.1 Å². The van der Waals surface area contributed by atoms with Gasteiger partial charge in [-0.3, -0.25) is 14.8 Å². The molecule has 1 aromatic carbocycles. The van der Waals surface area contributed by atoms with E-state index >= 15 is 0 Å². The lowest BCUT2D eigenvalue weighted by molar-refractivity contribution is 0.0905. The Kier molecular flexibility index (Phi) is 3.99. The lowest BCUT2D eigenvalue weighted by atomic mass is 9.86. The molecule has 3 N–H and O–H groups in total.